The zero-order chi connectivity index (χ0) is 13.9. The summed E-state index contributed by atoms with van der Waals surface area (Å²) in [4.78, 5) is 16.6. The SMILES string of the molecule is Cc1cn[nH]c1[C@@H]1CCN(CC(=O)N2CCCCC2)C1. The number of hydrogen-bond donors (Lipinski definition) is 1. The number of H-pyrrole nitrogens is 1. The Hall–Kier alpha value is -1.36. The van der Waals surface area contributed by atoms with Crippen LogP contribution in [0, 0.1) is 6.92 Å². The minimum Gasteiger partial charge on any atom is -0.342 e. The van der Waals surface area contributed by atoms with E-state index in [1.54, 1.807) is 0 Å². The topological polar surface area (TPSA) is 52.2 Å². The van der Waals surface area contributed by atoms with E-state index in [2.05, 4.69) is 22.0 Å². The van der Waals surface area contributed by atoms with Crippen molar-refractivity contribution < 1.29 is 4.79 Å². The average Bonchev–Trinajstić information content (AvgIpc) is 3.08. The Balaban J connectivity index is 1.52. The lowest BCUT2D eigenvalue weighted by Gasteiger charge is -2.28. The Morgan fingerprint density at radius 1 is 1.35 bits per heavy atom. The van der Waals surface area contributed by atoms with Gasteiger partial charge in [0, 0.05) is 31.2 Å². The van der Waals surface area contributed by atoms with Gasteiger partial charge in [-0.15, -0.1) is 0 Å². The second-order valence-corrected chi connectivity index (χ2v) is 6.13. The van der Waals surface area contributed by atoms with Crippen molar-refractivity contribution in [3.8, 4) is 0 Å². The maximum atomic E-state index is 12.3. The Bertz CT molecular complexity index is 464. The zero-order valence-electron chi connectivity index (χ0n) is 12.3. The number of aromatic amines is 1. The maximum Gasteiger partial charge on any atom is 0.236 e. The van der Waals surface area contributed by atoms with E-state index < -0.39 is 0 Å². The molecular weight excluding hydrogens is 252 g/mol. The molecule has 1 N–H and O–H groups in total. The van der Waals surface area contributed by atoms with Gasteiger partial charge in [0.25, 0.3) is 0 Å². The highest BCUT2D eigenvalue weighted by molar-refractivity contribution is 5.78. The summed E-state index contributed by atoms with van der Waals surface area (Å²) in [6, 6.07) is 0. The zero-order valence-corrected chi connectivity index (χ0v) is 12.3. The molecule has 0 spiro atoms. The van der Waals surface area contributed by atoms with E-state index in [4.69, 9.17) is 0 Å². The van der Waals surface area contributed by atoms with Crippen molar-refractivity contribution in [1.29, 1.82) is 0 Å². The molecule has 0 unspecified atom stereocenters. The standard InChI is InChI=1S/C15H24N4O/c1-12-9-16-17-15(12)13-5-8-18(10-13)11-14(20)19-6-3-2-4-7-19/h9,13H,2-8,10-11H2,1H3,(H,16,17)/t13-/m1/s1. The molecule has 0 radical (unpaired) electrons. The number of aryl methyl sites for hydroxylation is 1. The molecule has 2 aliphatic heterocycles. The summed E-state index contributed by atoms with van der Waals surface area (Å²) in [6.07, 6.45) is 6.62. The Morgan fingerprint density at radius 3 is 2.85 bits per heavy atom. The summed E-state index contributed by atoms with van der Waals surface area (Å²) >= 11 is 0. The molecule has 0 aliphatic carbocycles. The summed E-state index contributed by atoms with van der Waals surface area (Å²) < 4.78 is 0. The number of likely N-dealkylation sites (tertiary alicyclic amines) is 2. The smallest absolute Gasteiger partial charge is 0.236 e. The molecule has 0 saturated carbocycles. The lowest BCUT2D eigenvalue weighted by Crippen LogP contribution is -2.42. The predicted octanol–water partition coefficient (Wildman–Crippen LogP) is 1.52. The summed E-state index contributed by atoms with van der Waals surface area (Å²) in [6.45, 7) is 6.58. The van der Waals surface area contributed by atoms with E-state index in [1.165, 1.54) is 30.5 Å². The molecule has 20 heavy (non-hydrogen) atoms. The highest BCUT2D eigenvalue weighted by Crippen LogP contribution is 2.27. The number of aromatic nitrogens is 2. The minimum absolute atomic E-state index is 0.312. The molecule has 0 aromatic carbocycles. The fourth-order valence-corrected chi connectivity index (χ4v) is 3.42. The van der Waals surface area contributed by atoms with Crippen LogP contribution in [0.2, 0.25) is 0 Å². The third-order valence-electron chi connectivity index (χ3n) is 4.62. The van der Waals surface area contributed by atoms with Crippen molar-refractivity contribution in [2.45, 2.75) is 38.5 Å². The molecule has 2 fully saturated rings. The van der Waals surface area contributed by atoms with Crippen LogP contribution in [0.3, 0.4) is 0 Å². The monoisotopic (exact) mass is 276 g/mol. The van der Waals surface area contributed by atoms with Crippen LogP contribution in [0.1, 0.15) is 42.9 Å². The van der Waals surface area contributed by atoms with Crippen LogP contribution in [-0.2, 0) is 4.79 Å². The van der Waals surface area contributed by atoms with Gasteiger partial charge in [-0.25, -0.2) is 0 Å². The number of nitrogens with zero attached hydrogens (tertiary/aromatic N) is 3. The lowest BCUT2D eigenvalue weighted by atomic mass is 10.0. The molecule has 1 amide bonds. The Morgan fingerprint density at radius 2 is 2.15 bits per heavy atom. The third-order valence-corrected chi connectivity index (χ3v) is 4.62. The summed E-state index contributed by atoms with van der Waals surface area (Å²) in [7, 11) is 0. The normalized spacial score (nSPS) is 24.2. The fourth-order valence-electron chi connectivity index (χ4n) is 3.42. The van der Waals surface area contributed by atoms with Crippen LogP contribution in [0.5, 0.6) is 0 Å². The maximum absolute atomic E-state index is 12.3. The molecule has 2 saturated heterocycles. The first-order chi connectivity index (χ1) is 9.74. The van der Waals surface area contributed by atoms with Crippen LogP contribution in [0.4, 0.5) is 0 Å². The Labute approximate surface area is 120 Å². The number of nitrogens with one attached hydrogen (secondary N) is 1. The van der Waals surface area contributed by atoms with Crippen LogP contribution >= 0.6 is 0 Å². The second-order valence-electron chi connectivity index (χ2n) is 6.13. The molecule has 1 atom stereocenters. The van der Waals surface area contributed by atoms with E-state index in [1.807, 2.05) is 11.1 Å². The van der Waals surface area contributed by atoms with Crippen molar-refractivity contribution in [1.82, 2.24) is 20.0 Å². The van der Waals surface area contributed by atoms with Crippen molar-refractivity contribution in [2.24, 2.45) is 0 Å². The lowest BCUT2D eigenvalue weighted by molar-refractivity contribution is -0.133. The molecule has 2 aliphatic rings. The Kier molecular flexibility index (Phi) is 4.05. The molecule has 1 aromatic heterocycles. The first-order valence-electron chi connectivity index (χ1n) is 7.74. The molecular formula is C15H24N4O. The third kappa shape index (κ3) is 2.87. The van der Waals surface area contributed by atoms with Gasteiger partial charge in [-0.3, -0.25) is 14.8 Å². The molecule has 3 rings (SSSR count). The van der Waals surface area contributed by atoms with Gasteiger partial charge >= 0.3 is 0 Å². The van der Waals surface area contributed by atoms with Crippen molar-refractivity contribution in [3.05, 3.63) is 17.5 Å². The van der Waals surface area contributed by atoms with Gasteiger partial charge < -0.3 is 4.90 Å². The van der Waals surface area contributed by atoms with Gasteiger partial charge in [0.05, 0.1) is 12.7 Å². The minimum atomic E-state index is 0.312. The quantitative estimate of drug-likeness (QED) is 0.910. The number of rotatable bonds is 3. The first kappa shape index (κ1) is 13.6. The molecule has 110 valence electrons. The molecule has 5 heteroatoms. The highest BCUT2D eigenvalue weighted by Gasteiger charge is 2.28. The molecule has 0 bridgehead atoms. The van der Waals surface area contributed by atoms with Crippen molar-refractivity contribution in [3.63, 3.8) is 0 Å². The molecule has 3 heterocycles. The van der Waals surface area contributed by atoms with Gasteiger partial charge in [0.2, 0.25) is 5.91 Å². The van der Waals surface area contributed by atoms with Crippen LogP contribution in [0.25, 0.3) is 0 Å². The number of amides is 1. The second kappa shape index (κ2) is 5.95. The molecule has 5 nitrogen and oxygen atoms in total. The van der Waals surface area contributed by atoms with E-state index in [0.29, 0.717) is 18.4 Å². The summed E-state index contributed by atoms with van der Waals surface area (Å²) in [5, 5.41) is 7.22. The average molecular weight is 276 g/mol. The van der Waals surface area contributed by atoms with Gasteiger partial charge in [0.15, 0.2) is 0 Å². The number of piperidine rings is 1. The number of hydrogen-bond acceptors (Lipinski definition) is 3. The molecule has 1 aromatic rings. The van der Waals surface area contributed by atoms with Gasteiger partial charge in [-0.1, -0.05) is 0 Å². The number of carbonyl (C=O) groups excluding carboxylic acids is 1. The van der Waals surface area contributed by atoms with Gasteiger partial charge in [-0.05, 0) is 44.7 Å². The summed E-state index contributed by atoms with van der Waals surface area (Å²) in [5.41, 5.74) is 2.48. The largest absolute Gasteiger partial charge is 0.342 e. The van der Waals surface area contributed by atoms with Crippen molar-refractivity contribution >= 4 is 5.91 Å². The van der Waals surface area contributed by atoms with Crippen LogP contribution < -0.4 is 0 Å². The predicted molar refractivity (Wildman–Crippen MR) is 77.6 cm³/mol. The van der Waals surface area contributed by atoms with Crippen LogP contribution in [-0.4, -0.2) is 58.6 Å². The van der Waals surface area contributed by atoms with E-state index in [9.17, 15) is 4.79 Å². The fraction of sp³-hybridized carbons (Fsp3) is 0.733. The van der Waals surface area contributed by atoms with Gasteiger partial charge in [0.1, 0.15) is 0 Å². The van der Waals surface area contributed by atoms with E-state index in [0.717, 1.165) is 32.6 Å². The van der Waals surface area contributed by atoms with Crippen molar-refractivity contribution in [2.75, 3.05) is 32.7 Å². The highest BCUT2D eigenvalue weighted by atomic mass is 16.2. The van der Waals surface area contributed by atoms with E-state index in [-0.39, 0.29) is 0 Å². The number of carbonyl (C=O) groups is 1. The first-order valence-corrected chi connectivity index (χ1v) is 7.74. The summed E-state index contributed by atoms with van der Waals surface area (Å²) in [5.74, 6) is 0.818. The van der Waals surface area contributed by atoms with Crippen LogP contribution in [0.15, 0.2) is 6.20 Å². The van der Waals surface area contributed by atoms with Gasteiger partial charge in [-0.2, -0.15) is 5.10 Å². The van der Waals surface area contributed by atoms with E-state index >= 15 is 0 Å².